The van der Waals surface area contributed by atoms with Gasteiger partial charge in [-0.25, -0.2) is 0 Å². The molecule has 1 aromatic heterocycles. The molecule has 3 aromatic rings. The molecule has 26 heavy (non-hydrogen) atoms. The topological polar surface area (TPSA) is 91.0 Å². The zero-order valence-electron chi connectivity index (χ0n) is 14.3. The average molecular weight is 371 g/mol. The smallest absolute Gasteiger partial charge is 0.286 e. The maximum absolute atomic E-state index is 12.7. The summed E-state index contributed by atoms with van der Waals surface area (Å²) in [7, 11) is -4.24. The lowest BCUT2D eigenvalue weighted by Crippen LogP contribution is -2.46. The molecule has 0 saturated heterocycles. The lowest BCUT2D eigenvalue weighted by Gasteiger charge is -2.12. The van der Waals surface area contributed by atoms with Crippen LogP contribution in [0.15, 0.2) is 69.1 Å². The number of hydrogen-bond acceptors (Lipinski definition) is 5. The van der Waals surface area contributed by atoms with Crippen molar-refractivity contribution in [3.63, 3.8) is 0 Å². The third-order valence-corrected chi connectivity index (χ3v) is 5.53. The zero-order valence-corrected chi connectivity index (χ0v) is 15.1. The third kappa shape index (κ3) is 3.23. The quantitative estimate of drug-likeness (QED) is 0.645. The van der Waals surface area contributed by atoms with Crippen molar-refractivity contribution in [1.29, 1.82) is 0 Å². The van der Waals surface area contributed by atoms with Crippen LogP contribution in [0.25, 0.3) is 0 Å². The van der Waals surface area contributed by atoms with Crippen LogP contribution in [0, 0.1) is 13.8 Å². The second kappa shape index (κ2) is 6.72. The van der Waals surface area contributed by atoms with E-state index in [1.54, 1.807) is 24.3 Å². The van der Waals surface area contributed by atoms with Crippen molar-refractivity contribution >= 4 is 10.0 Å². The molecule has 7 nitrogen and oxygen atoms in total. The van der Waals surface area contributed by atoms with Crippen LogP contribution < -0.4 is 11.1 Å². The minimum Gasteiger partial charge on any atom is -0.286 e. The Morgan fingerprint density at radius 1 is 0.885 bits per heavy atom. The number of nitrogens with zero attached hydrogens (tertiary/aromatic N) is 3. The number of aryl methyl sites for hydroxylation is 2. The Labute approximate surface area is 150 Å². The maximum Gasteiger partial charge on any atom is 0.347 e. The van der Waals surface area contributed by atoms with E-state index in [2.05, 4.69) is 5.10 Å². The summed E-state index contributed by atoms with van der Waals surface area (Å²) in [6.07, 6.45) is 0. The summed E-state index contributed by atoms with van der Waals surface area (Å²) in [5.41, 5.74) is -0.457. The molecule has 0 bridgehead atoms. The molecule has 0 N–H and O–H groups in total. The van der Waals surface area contributed by atoms with Crippen LogP contribution in [0.2, 0.25) is 0 Å². The number of aromatic nitrogens is 3. The van der Waals surface area contributed by atoms with Gasteiger partial charge in [0.15, 0.2) is 0 Å². The molecule has 0 aliphatic carbocycles. The standard InChI is InChI=1S/C18H17N3O4S/c1-13-8-10-16(11-9-13)26(24,25)21-18(23)17(22)20(14(2)19-21)12-15-6-4-3-5-7-15/h3-11H,12H2,1-2H3. The van der Waals surface area contributed by atoms with Crippen molar-refractivity contribution in [3.05, 3.63) is 92.3 Å². The van der Waals surface area contributed by atoms with Crippen molar-refractivity contribution in [2.24, 2.45) is 0 Å². The van der Waals surface area contributed by atoms with Gasteiger partial charge in [0.1, 0.15) is 5.82 Å². The molecular weight excluding hydrogens is 354 g/mol. The van der Waals surface area contributed by atoms with Crippen molar-refractivity contribution in [1.82, 2.24) is 13.8 Å². The van der Waals surface area contributed by atoms with Crippen LogP contribution in [0.5, 0.6) is 0 Å². The van der Waals surface area contributed by atoms with E-state index >= 15 is 0 Å². The molecule has 134 valence electrons. The minimum atomic E-state index is -4.24. The van der Waals surface area contributed by atoms with E-state index in [4.69, 9.17) is 0 Å². The number of rotatable bonds is 4. The molecule has 0 fully saturated rings. The van der Waals surface area contributed by atoms with Crippen LogP contribution in [-0.4, -0.2) is 22.2 Å². The van der Waals surface area contributed by atoms with Gasteiger partial charge in [0.25, 0.3) is 10.0 Å². The average Bonchev–Trinajstić information content (AvgIpc) is 2.63. The van der Waals surface area contributed by atoms with Crippen LogP contribution >= 0.6 is 0 Å². The van der Waals surface area contributed by atoms with E-state index < -0.39 is 21.1 Å². The molecule has 0 saturated carbocycles. The Balaban J connectivity index is 2.12. The van der Waals surface area contributed by atoms with Gasteiger partial charge in [0.05, 0.1) is 11.4 Å². The Morgan fingerprint density at radius 3 is 2.12 bits per heavy atom. The van der Waals surface area contributed by atoms with Crippen molar-refractivity contribution < 1.29 is 8.42 Å². The van der Waals surface area contributed by atoms with Gasteiger partial charge in [0.2, 0.25) is 0 Å². The number of hydrogen-bond donors (Lipinski definition) is 0. The third-order valence-electron chi connectivity index (χ3n) is 3.96. The first-order valence-electron chi connectivity index (χ1n) is 7.87. The van der Waals surface area contributed by atoms with Gasteiger partial charge < -0.3 is 0 Å². The van der Waals surface area contributed by atoms with Gasteiger partial charge in [-0.15, -0.1) is 9.19 Å². The van der Waals surface area contributed by atoms with Gasteiger partial charge in [-0.05, 0) is 31.5 Å². The van der Waals surface area contributed by atoms with Crippen molar-refractivity contribution in [2.45, 2.75) is 25.3 Å². The molecule has 0 aliphatic heterocycles. The normalized spacial score (nSPS) is 11.5. The predicted molar refractivity (Wildman–Crippen MR) is 96.8 cm³/mol. The fourth-order valence-electron chi connectivity index (χ4n) is 2.50. The second-order valence-corrected chi connectivity index (χ2v) is 7.66. The highest BCUT2D eigenvalue weighted by Crippen LogP contribution is 2.12. The second-order valence-electron chi connectivity index (χ2n) is 5.89. The summed E-state index contributed by atoms with van der Waals surface area (Å²) in [6, 6.07) is 15.1. The van der Waals surface area contributed by atoms with E-state index in [1.165, 1.54) is 23.6 Å². The SMILES string of the molecule is Cc1ccc(S(=O)(=O)n2nc(C)n(Cc3ccccc3)c(=O)c2=O)cc1. The first-order chi connectivity index (χ1) is 12.3. The lowest BCUT2D eigenvalue weighted by atomic mass is 10.2. The van der Waals surface area contributed by atoms with Gasteiger partial charge in [-0.3, -0.25) is 14.2 Å². The lowest BCUT2D eigenvalue weighted by molar-refractivity contribution is 0.559. The molecule has 0 spiro atoms. The van der Waals surface area contributed by atoms with E-state index in [1.807, 2.05) is 25.1 Å². The molecule has 1 heterocycles. The van der Waals surface area contributed by atoms with Crippen molar-refractivity contribution in [2.75, 3.05) is 0 Å². The highest BCUT2D eigenvalue weighted by atomic mass is 32.2. The Kier molecular flexibility index (Phi) is 4.60. The molecule has 0 radical (unpaired) electrons. The molecule has 0 unspecified atom stereocenters. The van der Waals surface area contributed by atoms with Crippen LogP contribution in [0.1, 0.15) is 17.0 Å². The zero-order chi connectivity index (χ0) is 18.9. The molecular formula is C18H17N3O4S. The number of benzene rings is 2. The summed E-state index contributed by atoms with van der Waals surface area (Å²) in [5, 5.41) is 3.88. The Morgan fingerprint density at radius 2 is 1.50 bits per heavy atom. The minimum absolute atomic E-state index is 0.0997. The summed E-state index contributed by atoms with van der Waals surface area (Å²) in [5.74, 6) is 0.133. The fourth-order valence-corrected chi connectivity index (χ4v) is 3.70. The molecule has 0 amide bonds. The largest absolute Gasteiger partial charge is 0.347 e. The highest BCUT2D eigenvalue weighted by Gasteiger charge is 2.23. The van der Waals surface area contributed by atoms with E-state index in [9.17, 15) is 18.0 Å². The first kappa shape index (κ1) is 17.8. The van der Waals surface area contributed by atoms with E-state index in [0.717, 1.165) is 11.1 Å². The fraction of sp³-hybridized carbons (Fsp3) is 0.167. The molecule has 3 rings (SSSR count). The Hall–Kier alpha value is -3.00. The van der Waals surface area contributed by atoms with Gasteiger partial charge >= 0.3 is 11.1 Å². The monoisotopic (exact) mass is 371 g/mol. The first-order valence-corrected chi connectivity index (χ1v) is 9.31. The maximum atomic E-state index is 12.7. The molecule has 8 heteroatoms. The van der Waals surface area contributed by atoms with Crippen LogP contribution in [-0.2, 0) is 16.6 Å². The van der Waals surface area contributed by atoms with Gasteiger partial charge in [-0.1, -0.05) is 48.0 Å². The van der Waals surface area contributed by atoms with Crippen molar-refractivity contribution in [3.8, 4) is 0 Å². The van der Waals surface area contributed by atoms with Gasteiger partial charge in [0, 0.05) is 0 Å². The predicted octanol–water partition coefficient (Wildman–Crippen LogP) is 1.31. The summed E-state index contributed by atoms with van der Waals surface area (Å²) >= 11 is 0. The molecule has 2 aromatic carbocycles. The molecule has 0 atom stereocenters. The van der Waals surface area contributed by atoms with Gasteiger partial charge in [-0.2, -0.15) is 8.42 Å². The van der Waals surface area contributed by atoms with Crippen LogP contribution in [0.3, 0.4) is 0 Å². The highest BCUT2D eigenvalue weighted by molar-refractivity contribution is 7.89. The summed E-state index contributed by atoms with van der Waals surface area (Å²) in [6.45, 7) is 3.44. The summed E-state index contributed by atoms with van der Waals surface area (Å²) < 4.78 is 26.8. The van der Waals surface area contributed by atoms with E-state index in [-0.39, 0.29) is 21.4 Å². The van der Waals surface area contributed by atoms with Crippen LogP contribution in [0.4, 0.5) is 0 Å². The Bertz CT molecular complexity index is 1160. The summed E-state index contributed by atoms with van der Waals surface area (Å²) in [4.78, 5) is 24.8. The molecule has 0 aliphatic rings. The van der Waals surface area contributed by atoms with E-state index in [0.29, 0.717) is 0 Å².